The van der Waals surface area contributed by atoms with Gasteiger partial charge in [0.25, 0.3) is 0 Å². The van der Waals surface area contributed by atoms with Crippen LogP contribution in [0.5, 0.6) is 0 Å². The summed E-state index contributed by atoms with van der Waals surface area (Å²) in [6.07, 6.45) is 0. The Hall–Kier alpha value is -2.04. The van der Waals surface area contributed by atoms with Crippen LogP contribution in [0.1, 0.15) is 11.1 Å². The summed E-state index contributed by atoms with van der Waals surface area (Å²) in [7, 11) is 8.15. The van der Waals surface area contributed by atoms with Crippen molar-refractivity contribution >= 4 is 11.4 Å². The quantitative estimate of drug-likeness (QED) is 0.876. The molecule has 1 aliphatic rings. The van der Waals surface area contributed by atoms with Gasteiger partial charge in [-0.2, -0.15) is 5.48 Å². The molecule has 1 heterocycles. The number of hydroxylamine groups is 1. The van der Waals surface area contributed by atoms with Crippen LogP contribution >= 0.6 is 0 Å². The maximum absolute atomic E-state index is 5.59. The second-order valence-electron chi connectivity index (χ2n) is 5.77. The number of hydrogen-bond donors (Lipinski definition) is 1. The van der Waals surface area contributed by atoms with Crippen LogP contribution < -0.4 is 15.3 Å². The molecule has 2 aromatic carbocycles. The molecular weight excluding hydrogens is 262 g/mol. The Balaban J connectivity index is 1.90. The van der Waals surface area contributed by atoms with E-state index in [2.05, 4.69) is 63.8 Å². The van der Waals surface area contributed by atoms with Crippen molar-refractivity contribution < 1.29 is 4.84 Å². The molecule has 0 atom stereocenters. The van der Waals surface area contributed by atoms with E-state index in [4.69, 9.17) is 4.84 Å². The number of rotatable bonds is 4. The van der Waals surface area contributed by atoms with Crippen LogP contribution in [0.25, 0.3) is 0 Å². The smallest absolute Gasteiger partial charge is 0.212 e. The zero-order chi connectivity index (χ0) is 15.0. The molecule has 0 radical (unpaired) electrons. The Bertz CT molecular complexity index is 560. The van der Waals surface area contributed by atoms with E-state index in [1.54, 1.807) is 0 Å². The minimum Gasteiger partial charge on any atom is -0.378 e. The highest BCUT2D eigenvalue weighted by molar-refractivity contribution is 5.52. The third-order valence-electron chi connectivity index (χ3n) is 3.89. The number of benzene rings is 2. The molecule has 1 fully saturated rings. The minimum atomic E-state index is -0.490. The van der Waals surface area contributed by atoms with E-state index in [1.807, 2.05) is 28.2 Å². The molecule has 0 bridgehead atoms. The van der Waals surface area contributed by atoms with Crippen LogP contribution in [-0.4, -0.2) is 28.2 Å². The predicted molar refractivity (Wildman–Crippen MR) is 86.5 cm³/mol. The van der Waals surface area contributed by atoms with E-state index in [0.717, 1.165) is 11.1 Å². The monoisotopic (exact) mass is 283 g/mol. The van der Waals surface area contributed by atoms with Crippen LogP contribution in [0.15, 0.2) is 48.5 Å². The fraction of sp³-hybridized carbons (Fsp3) is 0.294. The molecule has 1 saturated heterocycles. The maximum atomic E-state index is 5.59. The van der Waals surface area contributed by atoms with Crippen LogP contribution in [0.2, 0.25) is 0 Å². The molecule has 0 aliphatic carbocycles. The lowest BCUT2D eigenvalue weighted by Gasteiger charge is -2.16. The number of anilines is 2. The maximum Gasteiger partial charge on any atom is 0.212 e. The van der Waals surface area contributed by atoms with Gasteiger partial charge in [0.1, 0.15) is 0 Å². The standard InChI is InChI=1S/C17H21N3O/c1-19(2)15-9-5-13(6-10-15)17(18-21-17)14-7-11-16(12-8-14)20(3)4/h5-12,18H,1-4H3. The first-order chi connectivity index (χ1) is 10.0. The third-order valence-corrected chi connectivity index (χ3v) is 3.89. The van der Waals surface area contributed by atoms with Crippen molar-refractivity contribution in [2.24, 2.45) is 0 Å². The average Bonchev–Trinajstić information content (AvgIpc) is 3.29. The summed E-state index contributed by atoms with van der Waals surface area (Å²) in [4.78, 5) is 9.77. The first-order valence-electron chi connectivity index (χ1n) is 7.04. The van der Waals surface area contributed by atoms with E-state index < -0.39 is 5.72 Å². The predicted octanol–water partition coefficient (Wildman–Crippen LogP) is 2.55. The minimum absolute atomic E-state index is 0.490. The zero-order valence-corrected chi connectivity index (χ0v) is 12.9. The molecule has 4 heteroatoms. The van der Waals surface area contributed by atoms with E-state index in [0.29, 0.717) is 0 Å². The van der Waals surface area contributed by atoms with E-state index in [-0.39, 0.29) is 0 Å². The average molecular weight is 283 g/mol. The van der Waals surface area contributed by atoms with Crippen molar-refractivity contribution in [2.75, 3.05) is 38.0 Å². The largest absolute Gasteiger partial charge is 0.378 e. The van der Waals surface area contributed by atoms with Gasteiger partial charge in [-0.25, -0.2) is 0 Å². The summed E-state index contributed by atoms with van der Waals surface area (Å²) < 4.78 is 0. The summed E-state index contributed by atoms with van der Waals surface area (Å²) in [6, 6.07) is 16.8. The van der Waals surface area contributed by atoms with Crippen LogP contribution in [0, 0.1) is 0 Å². The van der Waals surface area contributed by atoms with Gasteiger partial charge < -0.3 is 9.80 Å². The van der Waals surface area contributed by atoms with Gasteiger partial charge in [0.05, 0.1) is 0 Å². The second-order valence-corrected chi connectivity index (χ2v) is 5.77. The topological polar surface area (TPSA) is 41.0 Å². The fourth-order valence-corrected chi connectivity index (χ4v) is 2.44. The summed E-state index contributed by atoms with van der Waals surface area (Å²) >= 11 is 0. The van der Waals surface area contributed by atoms with Gasteiger partial charge in [0, 0.05) is 50.7 Å². The van der Waals surface area contributed by atoms with Gasteiger partial charge >= 0.3 is 0 Å². The van der Waals surface area contributed by atoms with Crippen LogP contribution in [0.4, 0.5) is 11.4 Å². The van der Waals surface area contributed by atoms with Crippen molar-refractivity contribution in [1.29, 1.82) is 0 Å². The number of nitrogens with one attached hydrogen (secondary N) is 1. The Morgan fingerprint density at radius 2 is 1.05 bits per heavy atom. The molecule has 1 aliphatic heterocycles. The molecule has 0 amide bonds. The van der Waals surface area contributed by atoms with Crippen molar-refractivity contribution in [3.05, 3.63) is 59.7 Å². The van der Waals surface area contributed by atoms with E-state index >= 15 is 0 Å². The van der Waals surface area contributed by atoms with Crippen molar-refractivity contribution in [3.8, 4) is 0 Å². The number of nitrogens with zero attached hydrogens (tertiary/aromatic N) is 2. The van der Waals surface area contributed by atoms with Gasteiger partial charge in [0.2, 0.25) is 5.72 Å². The lowest BCUT2D eigenvalue weighted by molar-refractivity contribution is 0.327. The molecule has 21 heavy (non-hydrogen) atoms. The SMILES string of the molecule is CN(C)c1ccc(C2(c3ccc(N(C)C)cc3)NO2)cc1. The van der Waals surface area contributed by atoms with Gasteiger partial charge in [-0.05, 0) is 24.3 Å². The van der Waals surface area contributed by atoms with Crippen LogP contribution in [0.3, 0.4) is 0 Å². The molecule has 0 saturated carbocycles. The highest BCUT2D eigenvalue weighted by Crippen LogP contribution is 2.40. The highest BCUT2D eigenvalue weighted by Gasteiger charge is 2.48. The normalized spacial score (nSPS) is 15.6. The number of hydrogen-bond acceptors (Lipinski definition) is 4. The van der Waals surface area contributed by atoms with E-state index in [1.165, 1.54) is 11.4 Å². The first-order valence-corrected chi connectivity index (χ1v) is 7.04. The molecule has 110 valence electrons. The van der Waals surface area contributed by atoms with Crippen LogP contribution in [-0.2, 0) is 10.6 Å². The summed E-state index contributed by atoms with van der Waals surface area (Å²) in [6.45, 7) is 0. The summed E-state index contributed by atoms with van der Waals surface area (Å²) in [5.41, 5.74) is 7.15. The Labute approximate surface area is 125 Å². The molecule has 2 aromatic rings. The lowest BCUT2D eigenvalue weighted by atomic mass is 9.96. The van der Waals surface area contributed by atoms with Gasteiger partial charge in [-0.3, -0.25) is 4.84 Å². The van der Waals surface area contributed by atoms with Crippen molar-refractivity contribution in [1.82, 2.24) is 5.48 Å². The molecule has 0 aromatic heterocycles. The second kappa shape index (κ2) is 5.06. The molecule has 4 nitrogen and oxygen atoms in total. The third kappa shape index (κ3) is 2.48. The zero-order valence-electron chi connectivity index (χ0n) is 12.9. The molecule has 1 N–H and O–H groups in total. The fourth-order valence-electron chi connectivity index (χ4n) is 2.44. The van der Waals surface area contributed by atoms with Gasteiger partial charge in [0.15, 0.2) is 0 Å². The molecule has 0 spiro atoms. The Morgan fingerprint density at radius 3 is 1.29 bits per heavy atom. The van der Waals surface area contributed by atoms with Gasteiger partial charge in [-0.15, -0.1) is 0 Å². The molecule has 0 unspecified atom stereocenters. The van der Waals surface area contributed by atoms with E-state index in [9.17, 15) is 0 Å². The molecular formula is C17H21N3O. The Kier molecular flexibility index (Phi) is 3.35. The lowest BCUT2D eigenvalue weighted by Crippen LogP contribution is -2.16. The Morgan fingerprint density at radius 1 is 0.714 bits per heavy atom. The van der Waals surface area contributed by atoms with Crippen molar-refractivity contribution in [2.45, 2.75) is 5.72 Å². The summed E-state index contributed by atoms with van der Waals surface area (Å²) in [5.74, 6) is 0. The molecule has 3 rings (SSSR count). The van der Waals surface area contributed by atoms with Crippen molar-refractivity contribution in [3.63, 3.8) is 0 Å². The van der Waals surface area contributed by atoms with Gasteiger partial charge in [-0.1, -0.05) is 24.3 Å². The summed E-state index contributed by atoms with van der Waals surface area (Å²) in [5, 5.41) is 0. The first kappa shape index (κ1) is 13.9. The highest BCUT2D eigenvalue weighted by atomic mass is 16.8.